The van der Waals surface area contributed by atoms with Gasteiger partial charge in [-0.2, -0.15) is 0 Å². The molecular formula is C8H19N3O. The Morgan fingerprint density at radius 3 is 2.83 bits per heavy atom. The van der Waals surface area contributed by atoms with Crippen LogP contribution in [0, 0.1) is 0 Å². The van der Waals surface area contributed by atoms with Crippen molar-refractivity contribution in [2.24, 2.45) is 0 Å². The number of hydrogen-bond donors (Lipinski definition) is 2. The first-order chi connectivity index (χ1) is 5.83. The van der Waals surface area contributed by atoms with Crippen LogP contribution in [-0.2, 0) is 4.74 Å². The molecule has 12 heavy (non-hydrogen) atoms. The van der Waals surface area contributed by atoms with Gasteiger partial charge in [-0.05, 0) is 7.05 Å². The molecule has 4 nitrogen and oxygen atoms in total. The molecule has 1 fully saturated rings. The topological polar surface area (TPSA) is 36.5 Å². The summed E-state index contributed by atoms with van der Waals surface area (Å²) in [6.07, 6.45) is 0.163. The number of ether oxygens (including phenoxy) is 1. The van der Waals surface area contributed by atoms with E-state index in [4.69, 9.17) is 4.74 Å². The molecule has 1 aliphatic rings. The van der Waals surface area contributed by atoms with Crippen LogP contribution >= 0.6 is 0 Å². The van der Waals surface area contributed by atoms with Gasteiger partial charge < -0.3 is 15.0 Å². The average Bonchev–Trinajstić information content (AvgIpc) is 2.17. The highest BCUT2D eigenvalue weighted by molar-refractivity contribution is 4.65. The van der Waals surface area contributed by atoms with Gasteiger partial charge in [0.2, 0.25) is 0 Å². The fourth-order valence-electron chi connectivity index (χ4n) is 1.27. The lowest BCUT2D eigenvalue weighted by Crippen LogP contribution is -2.40. The summed E-state index contributed by atoms with van der Waals surface area (Å²) >= 11 is 0. The van der Waals surface area contributed by atoms with Crippen molar-refractivity contribution in [1.29, 1.82) is 0 Å². The lowest BCUT2D eigenvalue weighted by molar-refractivity contribution is 0.0753. The van der Waals surface area contributed by atoms with Crippen LogP contribution in [0.25, 0.3) is 0 Å². The highest BCUT2D eigenvalue weighted by atomic mass is 16.5. The Kier molecular flexibility index (Phi) is 4.53. The summed E-state index contributed by atoms with van der Waals surface area (Å²) in [7, 11) is 3.87. The summed E-state index contributed by atoms with van der Waals surface area (Å²) in [5.74, 6) is 0. The van der Waals surface area contributed by atoms with E-state index >= 15 is 0 Å². The zero-order chi connectivity index (χ0) is 8.81. The molecule has 1 heterocycles. The van der Waals surface area contributed by atoms with Crippen LogP contribution in [0.1, 0.15) is 0 Å². The maximum absolute atomic E-state index is 5.23. The quantitative estimate of drug-likeness (QED) is 0.538. The molecule has 0 aromatic carbocycles. The van der Waals surface area contributed by atoms with E-state index < -0.39 is 0 Å². The molecule has 2 N–H and O–H groups in total. The lowest BCUT2D eigenvalue weighted by atomic mass is 10.5. The second-order valence-corrected chi connectivity index (χ2v) is 3.19. The van der Waals surface area contributed by atoms with E-state index in [9.17, 15) is 0 Å². The van der Waals surface area contributed by atoms with Crippen LogP contribution in [0.3, 0.4) is 0 Å². The second-order valence-electron chi connectivity index (χ2n) is 3.19. The minimum Gasteiger partial charge on any atom is -0.365 e. The maximum Gasteiger partial charge on any atom is 0.120 e. The highest BCUT2D eigenvalue weighted by Crippen LogP contribution is 1.87. The predicted molar refractivity (Wildman–Crippen MR) is 49.2 cm³/mol. The number of hydrogen-bond acceptors (Lipinski definition) is 4. The standard InChI is InChI=1S/C8H19N3O/c1-11-5-3-9-7-8(12-2)10-4-6-11/h8-10H,3-7H2,1-2H3. The minimum atomic E-state index is 0.163. The van der Waals surface area contributed by atoms with Gasteiger partial charge in [-0.1, -0.05) is 0 Å². The summed E-state index contributed by atoms with van der Waals surface area (Å²) in [5.41, 5.74) is 0. The van der Waals surface area contributed by atoms with E-state index in [1.165, 1.54) is 0 Å². The molecule has 1 saturated heterocycles. The van der Waals surface area contributed by atoms with E-state index in [1.54, 1.807) is 7.11 Å². The molecule has 1 atom stereocenters. The summed E-state index contributed by atoms with van der Waals surface area (Å²) in [6.45, 7) is 5.12. The zero-order valence-electron chi connectivity index (χ0n) is 7.97. The number of nitrogens with one attached hydrogen (secondary N) is 2. The van der Waals surface area contributed by atoms with Crippen molar-refractivity contribution >= 4 is 0 Å². The summed E-state index contributed by atoms with van der Waals surface area (Å²) < 4.78 is 5.23. The van der Waals surface area contributed by atoms with E-state index in [-0.39, 0.29) is 6.23 Å². The normalized spacial score (nSPS) is 29.0. The van der Waals surface area contributed by atoms with Crippen molar-refractivity contribution in [2.45, 2.75) is 6.23 Å². The van der Waals surface area contributed by atoms with Crippen LogP contribution < -0.4 is 10.6 Å². The molecule has 0 saturated carbocycles. The van der Waals surface area contributed by atoms with Crippen molar-refractivity contribution in [1.82, 2.24) is 15.5 Å². The SMILES string of the molecule is COC1CNCCN(C)CCN1. The Labute approximate surface area is 74.3 Å². The monoisotopic (exact) mass is 173 g/mol. The van der Waals surface area contributed by atoms with Gasteiger partial charge in [0.1, 0.15) is 6.23 Å². The fraction of sp³-hybridized carbons (Fsp3) is 1.00. The smallest absolute Gasteiger partial charge is 0.120 e. The maximum atomic E-state index is 5.23. The van der Waals surface area contributed by atoms with Crippen LogP contribution in [0.4, 0.5) is 0 Å². The Bertz CT molecular complexity index is 121. The Hall–Kier alpha value is -0.160. The Balaban J connectivity index is 2.26. The molecule has 0 amide bonds. The van der Waals surface area contributed by atoms with Gasteiger partial charge in [0.15, 0.2) is 0 Å². The van der Waals surface area contributed by atoms with Crippen molar-refractivity contribution in [2.75, 3.05) is 46.9 Å². The molecule has 0 aromatic rings. The second kappa shape index (κ2) is 5.48. The van der Waals surface area contributed by atoms with Crippen LogP contribution in [-0.4, -0.2) is 58.0 Å². The third-order valence-electron chi connectivity index (χ3n) is 2.15. The third-order valence-corrected chi connectivity index (χ3v) is 2.15. The molecule has 0 radical (unpaired) electrons. The van der Waals surface area contributed by atoms with Gasteiger partial charge in [0.25, 0.3) is 0 Å². The van der Waals surface area contributed by atoms with Gasteiger partial charge in [-0.15, -0.1) is 0 Å². The summed E-state index contributed by atoms with van der Waals surface area (Å²) in [5, 5.41) is 6.64. The van der Waals surface area contributed by atoms with Crippen LogP contribution in [0.2, 0.25) is 0 Å². The van der Waals surface area contributed by atoms with Crippen molar-refractivity contribution in [3.63, 3.8) is 0 Å². The molecule has 0 spiro atoms. The fourth-order valence-corrected chi connectivity index (χ4v) is 1.27. The summed E-state index contributed by atoms with van der Waals surface area (Å²) in [6, 6.07) is 0. The minimum absolute atomic E-state index is 0.163. The number of nitrogens with zero attached hydrogens (tertiary/aromatic N) is 1. The molecule has 0 bridgehead atoms. The average molecular weight is 173 g/mol. The molecule has 0 aromatic heterocycles. The van der Waals surface area contributed by atoms with Crippen LogP contribution in [0.5, 0.6) is 0 Å². The first-order valence-electron chi connectivity index (χ1n) is 4.48. The number of methoxy groups -OCH3 is 1. The van der Waals surface area contributed by atoms with Crippen molar-refractivity contribution in [3.05, 3.63) is 0 Å². The van der Waals surface area contributed by atoms with E-state index in [0.29, 0.717) is 0 Å². The lowest BCUT2D eigenvalue weighted by Gasteiger charge is -2.16. The van der Waals surface area contributed by atoms with E-state index in [2.05, 4.69) is 22.6 Å². The van der Waals surface area contributed by atoms with E-state index in [1.807, 2.05) is 0 Å². The van der Waals surface area contributed by atoms with Gasteiger partial charge in [-0.3, -0.25) is 5.32 Å². The Morgan fingerprint density at radius 2 is 2.08 bits per heavy atom. The van der Waals surface area contributed by atoms with Gasteiger partial charge >= 0.3 is 0 Å². The van der Waals surface area contributed by atoms with Crippen molar-refractivity contribution in [3.8, 4) is 0 Å². The number of rotatable bonds is 1. The molecule has 1 aliphatic heterocycles. The number of likely N-dealkylation sites (N-methyl/N-ethyl adjacent to an activating group) is 1. The third kappa shape index (κ3) is 3.49. The summed E-state index contributed by atoms with van der Waals surface area (Å²) in [4.78, 5) is 2.30. The first kappa shape index (κ1) is 9.92. The van der Waals surface area contributed by atoms with Crippen LogP contribution in [0.15, 0.2) is 0 Å². The van der Waals surface area contributed by atoms with Gasteiger partial charge in [0.05, 0.1) is 0 Å². The molecule has 1 unspecified atom stereocenters. The van der Waals surface area contributed by atoms with Crippen molar-refractivity contribution < 1.29 is 4.74 Å². The molecule has 72 valence electrons. The Morgan fingerprint density at radius 1 is 1.33 bits per heavy atom. The van der Waals surface area contributed by atoms with Gasteiger partial charge in [-0.25, -0.2) is 0 Å². The van der Waals surface area contributed by atoms with E-state index in [0.717, 1.165) is 32.7 Å². The van der Waals surface area contributed by atoms with Gasteiger partial charge in [0, 0.05) is 39.8 Å². The predicted octanol–water partition coefficient (Wildman–Crippen LogP) is -0.916. The molecule has 4 heteroatoms. The largest absolute Gasteiger partial charge is 0.365 e. The highest BCUT2D eigenvalue weighted by Gasteiger charge is 2.08. The molecule has 1 rings (SSSR count). The molecule has 0 aliphatic carbocycles. The first-order valence-corrected chi connectivity index (χ1v) is 4.48. The zero-order valence-corrected chi connectivity index (χ0v) is 7.97. The molecular weight excluding hydrogens is 154 g/mol.